The number of esters is 3. The third-order valence-corrected chi connectivity index (χ3v) is 4.03. The van der Waals surface area contributed by atoms with Crippen LogP contribution in [0.15, 0.2) is 61.2 Å². The maximum Gasteiger partial charge on any atom is 0.343 e. The van der Waals surface area contributed by atoms with E-state index in [0.29, 0.717) is 42.3 Å². The van der Waals surface area contributed by atoms with Crippen molar-refractivity contribution in [3.05, 3.63) is 66.7 Å². The maximum atomic E-state index is 12.1. The molecular weight excluding hydrogens is 388 g/mol. The second-order valence-electron chi connectivity index (χ2n) is 6.25. The van der Waals surface area contributed by atoms with Crippen LogP contribution < -0.4 is 14.2 Å². The van der Waals surface area contributed by atoms with Gasteiger partial charge in [0.2, 0.25) is 0 Å². The van der Waals surface area contributed by atoms with Crippen LogP contribution in [0.5, 0.6) is 17.2 Å². The van der Waals surface area contributed by atoms with Gasteiger partial charge in [-0.3, -0.25) is 4.79 Å². The van der Waals surface area contributed by atoms with E-state index in [0.717, 1.165) is 12.5 Å². The largest absolute Gasteiger partial charge is 0.497 e. The first kappa shape index (κ1) is 22.7. The Bertz CT molecular complexity index is 854. The Hall–Kier alpha value is -3.61. The Balaban J connectivity index is 1.71. The first-order chi connectivity index (χ1) is 14.5. The monoisotopic (exact) mass is 412 g/mol. The van der Waals surface area contributed by atoms with Crippen LogP contribution in [0, 0.1) is 0 Å². The molecule has 0 spiro atoms. The summed E-state index contributed by atoms with van der Waals surface area (Å²) in [6.45, 7) is 3.62. The molecule has 0 aliphatic rings. The fourth-order valence-corrected chi connectivity index (χ4v) is 2.43. The summed E-state index contributed by atoms with van der Waals surface area (Å²) < 4.78 is 20.5. The molecule has 0 atom stereocenters. The van der Waals surface area contributed by atoms with Crippen LogP contribution in [-0.4, -0.2) is 31.6 Å². The second kappa shape index (κ2) is 12.1. The molecule has 30 heavy (non-hydrogen) atoms. The predicted octanol–water partition coefficient (Wildman–Crippen LogP) is 4.11. The number of rotatable bonds is 11. The number of carbonyl (C=O) groups is 3. The van der Waals surface area contributed by atoms with Gasteiger partial charge in [0.1, 0.15) is 17.2 Å². The average molecular weight is 412 g/mol. The van der Waals surface area contributed by atoms with E-state index < -0.39 is 11.9 Å². The molecule has 0 heterocycles. The van der Waals surface area contributed by atoms with E-state index in [-0.39, 0.29) is 12.4 Å². The van der Waals surface area contributed by atoms with Crippen LogP contribution >= 0.6 is 0 Å². The van der Waals surface area contributed by atoms with Gasteiger partial charge >= 0.3 is 17.9 Å². The van der Waals surface area contributed by atoms with Crippen molar-refractivity contribution >= 4 is 17.9 Å². The zero-order chi connectivity index (χ0) is 21.8. The molecule has 7 nitrogen and oxygen atoms in total. The molecular formula is C23H24O7. The summed E-state index contributed by atoms with van der Waals surface area (Å²) in [6.07, 6.45) is 3.40. The van der Waals surface area contributed by atoms with Gasteiger partial charge in [-0.1, -0.05) is 6.58 Å². The van der Waals surface area contributed by atoms with Gasteiger partial charge in [-0.05, 0) is 67.8 Å². The highest BCUT2D eigenvalue weighted by atomic mass is 16.5. The van der Waals surface area contributed by atoms with E-state index in [1.165, 1.54) is 0 Å². The van der Waals surface area contributed by atoms with Gasteiger partial charge in [0, 0.05) is 12.5 Å². The summed E-state index contributed by atoms with van der Waals surface area (Å²) in [4.78, 5) is 34.9. The van der Waals surface area contributed by atoms with Crippen molar-refractivity contribution in [1.29, 1.82) is 0 Å². The van der Waals surface area contributed by atoms with E-state index in [4.69, 9.17) is 18.9 Å². The number of unbranched alkanes of at least 4 members (excludes halogenated alkanes) is 2. The fraction of sp³-hybridized carbons (Fsp3) is 0.261. The molecule has 0 saturated heterocycles. The Morgan fingerprint density at radius 1 is 0.833 bits per heavy atom. The summed E-state index contributed by atoms with van der Waals surface area (Å²) in [5.74, 6) is 0.0393. The number of methoxy groups -OCH3 is 1. The molecule has 2 aromatic carbocycles. The summed E-state index contributed by atoms with van der Waals surface area (Å²) in [5.41, 5.74) is 0.394. The number of benzene rings is 2. The molecule has 2 rings (SSSR count). The smallest absolute Gasteiger partial charge is 0.343 e. The number of ether oxygens (including phenoxy) is 4. The molecule has 0 aromatic heterocycles. The van der Waals surface area contributed by atoms with Crippen molar-refractivity contribution in [2.24, 2.45) is 0 Å². The van der Waals surface area contributed by atoms with Crippen molar-refractivity contribution in [1.82, 2.24) is 0 Å². The van der Waals surface area contributed by atoms with Gasteiger partial charge < -0.3 is 18.9 Å². The Morgan fingerprint density at radius 2 is 1.43 bits per heavy atom. The van der Waals surface area contributed by atoms with Gasteiger partial charge in [-0.15, -0.1) is 0 Å². The lowest BCUT2D eigenvalue weighted by molar-refractivity contribution is -0.138. The molecule has 158 valence electrons. The van der Waals surface area contributed by atoms with Crippen molar-refractivity contribution in [2.45, 2.75) is 25.7 Å². The van der Waals surface area contributed by atoms with Crippen LogP contribution in [-0.2, 0) is 14.3 Å². The first-order valence-corrected chi connectivity index (χ1v) is 9.48. The lowest BCUT2D eigenvalue weighted by atomic mass is 10.2. The van der Waals surface area contributed by atoms with Gasteiger partial charge in [0.25, 0.3) is 0 Å². The third-order valence-electron chi connectivity index (χ3n) is 4.03. The van der Waals surface area contributed by atoms with Crippen LogP contribution in [0.1, 0.15) is 36.0 Å². The van der Waals surface area contributed by atoms with E-state index in [1.807, 2.05) is 0 Å². The lowest BCUT2D eigenvalue weighted by Crippen LogP contribution is -2.09. The minimum atomic E-state index is -0.499. The molecule has 2 aromatic rings. The predicted molar refractivity (Wildman–Crippen MR) is 110 cm³/mol. The average Bonchev–Trinajstić information content (AvgIpc) is 2.77. The zero-order valence-corrected chi connectivity index (χ0v) is 16.8. The molecule has 0 radical (unpaired) electrons. The van der Waals surface area contributed by atoms with Crippen LogP contribution in [0.2, 0.25) is 0 Å². The SMILES string of the molecule is C=CC(=O)OCCCCCC(=O)Oc1ccc(OC(=O)c2ccc(OC)cc2)cc1. The van der Waals surface area contributed by atoms with E-state index in [1.54, 1.807) is 55.6 Å². The minimum absolute atomic E-state index is 0.254. The highest BCUT2D eigenvalue weighted by Crippen LogP contribution is 2.20. The van der Waals surface area contributed by atoms with Crippen molar-refractivity contribution < 1.29 is 33.3 Å². The van der Waals surface area contributed by atoms with Crippen LogP contribution in [0.25, 0.3) is 0 Å². The lowest BCUT2D eigenvalue weighted by Gasteiger charge is -2.07. The van der Waals surface area contributed by atoms with Crippen LogP contribution in [0.3, 0.4) is 0 Å². The summed E-state index contributed by atoms with van der Waals surface area (Å²) in [5, 5.41) is 0. The quantitative estimate of drug-likeness (QED) is 0.237. The topological polar surface area (TPSA) is 88.1 Å². The van der Waals surface area contributed by atoms with E-state index >= 15 is 0 Å². The van der Waals surface area contributed by atoms with E-state index in [2.05, 4.69) is 6.58 Å². The first-order valence-electron chi connectivity index (χ1n) is 9.48. The molecule has 0 aliphatic carbocycles. The minimum Gasteiger partial charge on any atom is -0.497 e. The van der Waals surface area contributed by atoms with Crippen molar-refractivity contribution in [3.8, 4) is 17.2 Å². The fourth-order valence-electron chi connectivity index (χ4n) is 2.43. The summed E-state index contributed by atoms with van der Waals surface area (Å²) >= 11 is 0. The zero-order valence-electron chi connectivity index (χ0n) is 16.8. The Kier molecular flexibility index (Phi) is 9.12. The molecule has 7 heteroatoms. The van der Waals surface area contributed by atoms with Crippen molar-refractivity contribution in [2.75, 3.05) is 13.7 Å². The molecule has 0 saturated carbocycles. The van der Waals surface area contributed by atoms with Gasteiger partial charge in [0.05, 0.1) is 19.3 Å². The number of hydrogen-bond donors (Lipinski definition) is 0. The third kappa shape index (κ3) is 7.79. The number of carbonyl (C=O) groups excluding carboxylic acids is 3. The van der Waals surface area contributed by atoms with Gasteiger partial charge in [-0.2, -0.15) is 0 Å². The standard InChI is InChI=1S/C23H24O7/c1-3-21(24)28-16-6-4-5-7-22(25)29-19-12-14-20(15-13-19)30-23(26)17-8-10-18(27-2)11-9-17/h3,8-15H,1,4-7,16H2,2H3. The second-order valence-corrected chi connectivity index (χ2v) is 6.25. The van der Waals surface area contributed by atoms with Gasteiger partial charge in [-0.25, -0.2) is 9.59 Å². The summed E-state index contributed by atoms with van der Waals surface area (Å²) in [7, 11) is 1.55. The van der Waals surface area contributed by atoms with E-state index in [9.17, 15) is 14.4 Å². The Labute approximate surface area is 175 Å². The van der Waals surface area contributed by atoms with Gasteiger partial charge in [0.15, 0.2) is 0 Å². The maximum absolute atomic E-state index is 12.1. The highest BCUT2D eigenvalue weighted by molar-refractivity contribution is 5.91. The molecule has 0 unspecified atom stereocenters. The van der Waals surface area contributed by atoms with Crippen LogP contribution in [0.4, 0.5) is 0 Å². The molecule has 0 aliphatic heterocycles. The normalized spacial score (nSPS) is 10.0. The summed E-state index contributed by atoms with van der Waals surface area (Å²) in [6, 6.07) is 12.8. The number of hydrogen-bond acceptors (Lipinski definition) is 7. The Morgan fingerprint density at radius 3 is 2.03 bits per heavy atom. The molecule has 0 bridgehead atoms. The van der Waals surface area contributed by atoms with Crippen molar-refractivity contribution in [3.63, 3.8) is 0 Å². The highest BCUT2D eigenvalue weighted by Gasteiger charge is 2.10. The molecule has 0 N–H and O–H groups in total. The molecule has 0 amide bonds. The molecule has 0 fully saturated rings.